The van der Waals surface area contributed by atoms with Crippen molar-refractivity contribution in [2.75, 3.05) is 10.5 Å². The van der Waals surface area contributed by atoms with Crippen molar-refractivity contribution in [3.05, 3.63) is 53.1 Å². The maximum Gasteiger partial charge on any atom is 0.261 e. The highest BCUT2D eigenvalue weighted by atomic mass is 32.2. The summed E-state index contributed by atoms with van der Waals surface area (Å²) in [5.74, 6) is 0. The van der Waals surface area contributed by atoms with Crippen LogP contribution in [0, 0.1) is 20.8 Å². The number of rotatable bonds is 3. The summed E-state index contributed by atoms with van der Waals surface area (Å²) in [7, 11) is -3.58. The second-order valence-electron chi connectivity index (χ2n) is 4.95. The van der Waals surface area contributed by atoms with Gasteiger partial charge in [0.2, 0.25) is 0 Å². The Kier molecular flexibility index (Phi) is 3.72. The van der Waals surface area contributed by atoms with Gasteiger partial charge in [-0.05, 0) is 56.2 Å². The summed E-state index contributed by atoms with van der Waals surface area (Å²) in [4.78, 5) is 0.249. The zero-order valence-corrected chi connectivity index (χ0v) is 12.6. The van der Waals surface area contributed by atoms with Gasteiger partial charge in [-0.2, -0.15) is 0 Å². The number of nitrogens with two attached hydrogens (primary N) is 1. The molecule has 0 fully saturated rings. The Morgan fingerprint density at radius 3 is 1.95 bits per heavy atom. The number of benzene rings is 2. The zero-order valence-electron chi connectivity index (χ0n) is 11.8. The van der Waals surface area contributed by atoms with E-state index in [2.05, 4.69) is 4.72 Å². The lowest BCUT2D eigenvalue weighted by Gasteiger charge is -2.14. The average Bonchev–Trinajstić information content (AvgIpc) is 2.34. The van der Waals surface area contributed by atoms with Gasteiger partial charge in [0.05, 0.1) is 10.6 Å². The fourth-order valence-corrected chi connectivity index (χ4v) is 3.27. The van der Waals surface area contributed by atoms with Crippen molar-refractivity contribution in [2.45, 2.75) is 25.7 Å². The van der Waals surface area contributed by atoms with E-state index >= 15 is 0 Å². The van der Waals surface area contributed by atoms with Crippen molar-refractivity contribution >= 4 is 21.4 Å². The van der Waals surface area contributed by atoms with Gasteiger partial charge in [0, 0.05) is 5.69 Å². The fourth-order valence-electron chi connectivity index (χ4n) is 2.07. The lowest BCUT2D eigenvalue weighted by Crippen LogP contribution is -2.14. The molecule has 0 radical (unpaired) electrons. The summed E-state index contributed by atoms with van der Waals surface area (Å²) in [6.45, 7) is 5.57. The van der Waals surface area contributed by atoms with E-state index in [1.54, 1.807) is 36.4 Å². The van der Waals surface area contributed by atoms with Crippen LogP contribution in [-0.4, -0.2) is 8.42 Å². The predicted octanol–water partition coefficient (Wildman–Crippen LogP) is 2.99. The second-order valence-corrected chi connectivity index (χ2v) is 6.63. The minimum atomic E-state index is -3.58. The third kappa shape index (κ3) is 2.93. The van der Waals surface area contributed by atoms with Crippen LogP contribution in [-0.2, 0) is 10.0 Å². The van der Waals surface area contributed by atoms with Crippen LogP contribution in [0.5, 0.6) is 0 Å². The molecule has 4 nitrogen and oxygen atoms in total. The van der Waals surface area contributed by atoms with Crippen molar-refractivity contribution < 1.29 is 8.42 Å². The topological polar surface area (TPSA) is 72.2 Å². The normalized spacial score (nSPS) is 11.3. The molecule has 0 aliphatic carbocycles. The molecule has 0 heterocycles. The van der Waals surface area contributed by atoms with Crippen LogP contribution in [0.15, 0.2) is 41.3 Å². The summed E-state index contributed by atoms with van der Waals surface area (Å²) >= 11 is 0. The number of hydrogen-bond donors (Lipinski definition) is 2. The molecule has 0 aliphatic heterocycles. The highest BCUT2D eigenvalue weighted by Crippen LogP contribution is 2.26. The van der Waals surface area contributed by atoms with E-state index in [0.29, 0.717) is 11.4 Å². The highest BCUT2D eigenvalue weighted by molar-refractivity contribution is 7.92. The first-order valence-corrected chi connectivity index (χ1v) is 7.74. The van der Waals surface area contributed by atoms with Crippen molar-refractivity contribution in [3.8, 4) is 0 Å². The largest absolute Gasteiger partial charge is 0.399 e. The molecule has 20 heavy (non-hydrogen) atoms. The number of anilines is 2. The lowest BCUT2D eigenvalue weighted by molar-refractivity contribution is 0.601. The van der Waals surface area contributed by atoms with E-state index in [4.69, 9.17) is 5.73 Å². The van der Waals surface area contributed by atoms with Crippen LogP contribution < -0.4 is 10.5 Å². The molecular formula is C15H18N2O2S. The van der Waals surface area contributed by atoms with Gasteiger partial charge in [-0.25, -0.2) is 8.42 Å². The van der Waals surface area contributed by atoms with Crippen LogP contribution in [0.1, 0.15) is 16.7 Å². The van der Waals surface area contributed by atoms with Gasteiger partial charge in [-0.3, -0.25) is 4.72 Å². The maximum absolute atomic E-state index is 12.4. The minimum Gasteiger partial charge on any atom is -0.399 e. The molecule has 0 aromatic heterocycles. The van der Waals surface area contributed by atoms with Gasteiger partial charge in [0.25, 0.3) is 10.0 Å². The molecule has 2 aromatic carbocycles. The van der Waals surface area contributed by atoms with E-state index in [1.807, 2.05) is 20.8 Å². The van der Waals surface area contributed by atoms with E-state index in [-0.39, 0.29) is 4.90 Å². The number of nitrogen functional groups attached to an aromatic ring is 1. The molecule has 0 saturated heterocycles. The van der Waals surface area contributed by atoms with Crippen molar-refractivity contribution in [2.24, 2.45) is 0 Å². The summed E-state index contributed by atoms with van der Waals surface area (Å²) in [6.07, 6.45) is 0. The van der Waals surface area contributed by atoms with E-state index in [1.165, 1.54) is 0 Å². The number of aryl methyl sites for hydroxylation is 3. The number of hydrogen-bond acceptors (Lipinski definition) is 3. The molecule has 106 valence electrons. The Hall–Kier alpha value is -2.01. The van der Waals surface area contributed by atoms with Crippen molar-refractivity contribution in [3.63, 3.8) is 0 Å². The van der Waals surface area contributed by atoms with E-state index in [0.717, 1.165) is 16.7 Å². The summed E-state index contributed by atoms with van der Waals surface area (Å²) in [5, 5.41) is 0. The molecule has 0 bridgehead atoms. The maximum atomic E-state index is 12.4. The summed E-state index contributed by atoms with van der Waals surface area (Å²) < 4.78 is 27.4. The number of nitrogens with one attached hydrogen (secondary N) is 1. The molecule has 0 spiro atoms. The first kappa shape index (κ1) is 14.4. The second kappa shape index (κ2) is 5.17. The van der Waals surface area contributed by atoms with Gasteiger partial charge in [0.1, 0.15) is 0 Å². The van der Waals surface area contributed by atoms with Gasteiger partial charge in [-0.1, -0.05) is 17.7 Å². The highest BCUT2D eigenvalue weighted by Gasteiger charge is 2.16. The fraction of sp³-hybridized carbons (Fsp3) is 0.200. The molecule has 0 unspecified atom stereocenters. The standard InChI is InChI=1S/C15H18N2O2S/c1-10-4-6-14(7-5-10)20(18,19)17-15-11(2)8-13(16)9-12(15)3/h4-9,17H,16H2,1-3H3. The molecule has 0 saturated carbocycles. The van der Waals surface area contributed by atoms with Gasteiger partial charge >= 0.3 is 0 Å². The van der Waals surface area contributed by atoms with Crippen LogP contribution in [0.3, 0.4) is 0 Å². The first-order valence-electron chi connectivity index (χ1n) is 6.26. The monoisotopic (exact) mass is 290 g/mol. The van der Waals surface area contributed by atoms with Crippen LogP contribution in [0.4, 0.5) is 11.4 Å². The Bertz CT molecular complexity index is 712. The van der Waals surface area contributed by atoms with Crippen molar-refractivity contribution in [1.82, 2.24) is 0 Å². The SMILES string of the molecule is Cc1ccc(S(=O)(=O)Nc2c(C)cc(N)cc2C)cc1. The Labute approximate surface area is 119 Å². The third-order valence-corrected chi connectivity index (χ3v) is 4.49. The quantitative estimate of drug-likeness (QED) is 0.854. The predicted molar refractivity (Wildman–Crippen MR) is 82.3 cm³/mol. The van der Waals surface area contributed by atoms with Gasteiger partial charge in [-0.15, -0.1) is 0 Å². The molecule has 0 amide bonds. The average molecular weight is 290 g/mol. The van der Waals surface area contributed by atoms with Crippen molar-refractivity contribution in [1.29, 1.82) is 0 Å². The Morgan fingerprint density at radius 2 is 1.45 bits per heavy atom. The minimum absolute atomic E-state index is 0.249. The van der Waals surface area contributed by atoms with E-state index < -0.39 is 10.0 Å². The molecule has 3 N–H and O–H groups in total. The smallest absolute Gasteiger partial charge is 0.261 e. The van der Waals surface area contributed by atoms with Crippen LogP contribution in [0.25, 0.3) is 0 Å². The molecule has 0 atom stereocenters. The van der Waals surface area contributed by atoms with Crippen LogP contribution >= 0.6 is 0 Å². The Balaban J connectivity index is 2.41. The van der Waals surface area contributed by atoms with Gasteiger partial charge in [0.15, 0.2) is 0 Å². The summed E-state index contributed by atoms with van der Waals surface area (Å²) in [6, 6.07) is 10.2. The third-order valence-electron chi connectivity index (χ3n) is 3.12. The van der Waals surface area contributed by atoms with E-state index in [9.17, 15) is 8.42 Å². The number of sulfonamides is 1. The van der Waals surface area contributed by atoms with Gasteiger partial charge < -0.3 is 5.73 Å². The Morgan fingerprint density at radius 1 is 0.950 bits per heavy atom. The molecule has 0 aliphatic rings. The zero-order chi connectivity index (χ0) is 14.9. The molecule has 2 aromatic rings. The summed E-state index contributed by atoms with van der Waals surface area (Å²) in [5.41, 5.74) is 9.57. The first-order chi connectivity index (χ1) is 9.29. The molecule has 2 rings (SSSR count). The lowest BCUT2D eigenvalue weighted by atomic mass is 10.1. The van der Waals surface area contributed by atoms with Crippen LogP contribution in [0.2, 0.25) is 0 Å². The molecule has 5 heteroatoms. The molecular weight excluding hydrogens is 272 g/mol.